The summed E-state index contributed by atoms with van der Waals surface area (Å²) in [6.45, 7) is 2.24. The van der Waals surface area contributed by atoms with E-state index >= 15 is 0 Å². The lowest BCUT2D eigenvalue weighted by atomic mass is 9.80. The van der Waals surface area contributed by atoms with Crippen LogP contribution in [0.5, 0.6) is 0 Å². The van der Waals surface area contributed by atoms with Crippen molar-refractivity contribution in [2.45, 2.75) is 44.9 Å². The van der Waals surface area contributed by atoms with Crippen LogP contribution in [0.4, 0.5) is 0 Å². The minimum Gasteiger partial charge on any atom is -0.477 e. The van der Waals surface area contributed by atoms with Gasteiger partial charge in [0.25, 0.3) is 0 Å². The zero-order chi connectivity index (χ0) is 11.5. The van der Waals surface area contributed by atoms with Gasteiger partial charge in [-0.3, -0.25) is 0 Å². The Balaban J connectivity index is 2.00. The first-order valence-electron chi connectivity index (χ1n) is 5.99. The van der Waals surface area contributed by atoms with Crippen molar-refractivity contribution >= 4 is 5.97 Å². The van der Waals surface area contributed by atoms with Gasteiger partial charge < -0.3 is 10.1 Å². The Kier molecular flexibility index (Phi) is 3.27. The molecule has 1 aromatic heterocycles. The molecule has 16 heavy (non-hydrogen) atoms. The van der Waals surface area contributed by atoms with Crippen LogP contribution in [0.2, 0.25) is 0 Å². The number of imidazole rings is 1. The second-order valence-electron chi connectivity index (χ2n) is 4.61. The van der Waals surface area contributed by atoms with Gasteiger partial charge >= 0.3 is 5.97 Å². The molecule has 0 aliphatic heterocycles. The van der Waals surface area contributed by atoms with Crippen LogP contribution in [0.3, 0.4) is 0 Å². The van der Waals surface area contributed by atoms with Gasteiger partial charge in [0.15, 0.2) is 0 Å². The summed E-state index contributed by atoms with van der Waals surface area (Å²) < 4.78 is 0. The lowest BCUT2D eigenvalue weighted by Crippen LogP contribution is -2.13. The van der Waals surface area contributed by atoms with Gasteiger partial charge in [-0.2, -0.15) is 0 Å². The highest BCUT2D eigenvalue weighted by atomic mass is 16.4. The zero-order valence-electron chi connectivity index (χ0n) is 9.57. The number of aromatic nitrogens is 2. The Morgan fingerprint density at radius 1 is 1.50 bits per heavy atom. The van der Waals surface area contributed by atoms with Crippen molar-refractivity contribution in [1.29, 1.82) is 0 Å². The highest BCUT2D eigenvalue weighted by Crippen LogP contribution is 2.35. The Morgan fingerprint density at radius 3 is 2.69 bits per heavy atom. The molecule has 1 aromatic rings. The molecule has 0 radical (unpaired) electrons. The lowest BCUT2D eigenvalue weighted by molar-refractivity contribution is 0.0691. The van der Waals surface area contributed by atoms with Gasteiger partial charge in [0.05, 0.1) is 6.20 Å². The van der Waals surface area contributed by atoms with E-state index in [-0.39, 0.29) is 5.69 Å². The third-order valence-electron chi connectivity index (χ3n) is 3.64. The summed E-state index contributed by atoms with van der Waals surface area (Å²) >= 11 is 0. The molecule has 4 nitrogen and oxygen atoms in total. The first-order valence-corrected chi connectivity index (χ1v) is 5.99. The molecule has 4 heteroatoms. The van der Waals surface area contributed by atoms with E-state index in [1.165, 1.54) is 25.5 Å². The number of aromatic carboxylic acids is 1. The van der Waals surface area contributed by atoms with Crippen molar-refractivity contribution in [2.75, 3.05) is 0 Å². The number of hydrogen-bond donors (Lipinski definition) is 2. The Bertz CT molecular complexity index is 365. The van der Waals surface area contributed by atoms with Crippen LogP contribution >= 0.6 is 0 Å². The van der Waals surface area contributed by atoms with E-state index in [0.29, 0.717) is 5.92 Å². The lowest BCUT2D eigenvalue weighted by Gasteiger charge is -2.26. The zero-order valence-corrected chi connectivity index (χ0v) is 9.57. The molecular formula is C12H18N2O2. The molecule has 0 amide bonds. The van der Waals surface area contributed by atoms with Crippen LogP contribution in [-0.4, -0.2) is 21.0 Å². The molecule has 88 valence electrons. The fourth-order valence-corrected chi connectivity index (χ4v) is 2.50. The van der Waals surface area contributed by atoms with Crippen LogP contribution in [0.25, 0.3) is 0 Å². The molecule has 0 aromatic carbocycles. The van der Waals surface area contributed by atoms with E-state index in [4.69, 9.17) is 5.11 Å². The monoisotopic (exact) mass is 222 g/mol. The van der Waals surface area contributed by atoms with Crippen molar-refractivity contribution in [2.24, 2.45) is 5.92 Å². The molecule has 0 saturated heterocycles. The van der Waals surface area contributed by atoms with Crippen molar-refractivity contribution in [3.63, 3.8) is 0 Å². The summed E-state index contributed by atoms with van der Waals surface area (Å²) in [4.78, 5) is 17.8. The first kappa shape index (κ1) is 11.2. The molecule has 1 aliphatic rings. The summed E-state index contributed by atoms with van der Waals surface area (Å²) in [5.41, 5.74) is 0.201. The molecule has 2 N–H and O–H groups in total. The van der Waals surface area contributed by atoms with Gasteiger partial charge in [0, 0.05) is 5.92 Å². The van der Waals surface area contributed by atoms with Crippen molar-refractivity contribution in [3.05, 3.63) is 17.7 Å². The highest BCUT2D eigenvalue weighted by Gasteiger charge is 2.23. The second-order valence-corrected chi connectivity index (χ2v) is 4.61. The standard InChI is InChI=1S/C12H18N2O2/c1-2-8-3-5-9(6-4-8)11-13-7-10(14-11)12(15)16/h7-9H,2-6H2,1H3,(H,13,14)(H,15,16). The van der Waals surface area contributed by atoms with Gasteiger partial charge in [0.2, 0.25) is 0 Å². The average Bonchev–Trinajstić information content (AvgIpc) is 2.78. The SMILES string of the molecule is CCC1CCC(c2ncc(C(=O)O)[nH]2)CC1. The van der Waals surface area contributed by atoms with Crippen LogP contribution in [0.1, 0.15) is 61.3 Å². The summed E-state index contributed by atoms with van der Waals surface area (Å²) in [6, 6.07) is 0. The predicted octanol–water partition coefficient (Wildman–Crippen LogP) is 2.79. The molecule has 1 heterocycles. The fourth-order valence-electron chi connectivity index (χ4n) is 2.50. The normalized spacial score (nSPS) is 25.6. The summed E-state index contributed by atoms with van der Waals surface area (Å²) in [5.74, 6) is 1.20. The Morgan fingerprint density at radius 2 is 2.19 bits per heavy atom. The van der Waals surface area contributed by atoms with Gasteiger partial charge in [0.1, 0.15) is 11.5 Å². The number of nitrogens with one attached hydrogen (secondary N) is 1. The van der Waals surface area contributed by atoms with Crippen LogP contribution < -0.4 is 0 Å². The fraction of sp³-hybridized carbons (Fsp3) is 0.667. The number of aromatic amines is 1. The number of H-pyrrole nitrogens is 1. The first-order chi connectivity index (χ1) is 7.70. The van der Waals surface area contributed by atoms with E-state index in [9.17, 15) is 4.79 Å². The van der Waals surface area contributed by atoms with Gasteiger partial charge in [-0.15, -0.1) is 0 Å². The number of nitrogens with zero attached hydrogens (tertiary/aromatic N) is 1. The van der Waals surface area contributed by atoms with E-state index < -0.39 is 5.97 Å². The number of carbonyl (C=O) groups is 1. The van der Waals surface area contributed by atoms with Gasteiger partial charge in [-0.05, 0) is 31.6 Å². The summed E-state index contributed by atoms with van der Waals surface area (Å²) in [7, 11) is 0. The molecule has 1 saturated carbocycles. The van der Waals surface area contributed by atoms with E-state index in [0.717, 1.165) is 24.6 Å². The molecule has 0 unspecified atom stereocenters. The summed E-state index contributed by atoms with van der Waals surface area (Å²) in [5, 5.41) is 8.81. The quantitative estimate of drug-likeness (QED) is 0.826. The van der Waals surface area contributed by atoms with Gasteiger partial charge in [-0.25, -0.2) is 9.78 Å². The molecule has 1 fully saturated rings. The van der Waals surface area contributed by atoms with E-state index in [2.05, 4.69) is 16.9 Å². The number of hydrogen-bond acceptors (Lipinski definition) is 2. The molecule has 2 rings (SSSR count). The third kappa shape index (κ3) is 2.26. The topological polar surface area (TPSA) is 66.0 Å². The maximum absolute atomic E-state index is 10.7. The highest BCUT2D eigenvalue weighted by molar-refractivity contribution is 5.85. The largest absolute Gasteiger partial charge is 0.477 e. The van der Waals surface area contributed by atoms with Gasteiger partial charge in [-0.1, -0.05) is 13.3 Å². The molecule has 0 bridgehead atoms. The molecular weight excluding hydrogens is 204 g/mol. The molecule has 0 spiro atoms. The minimum absolute atomic E-state index is 0.201. The Labute approximate surface area is 95.1 Å². The van der Waals surface area contributed by atoms with Crippen molar-refractivity contribution in [1.82, 2.24) is 9.97 Å². The maximum Gasteiger partial charge on any atom is 0.353 e. The van der Waals surface area contributed by atoms with Crippen LogP contribution in [0.15, 0.2) is 6.20 Å². The van der Waals surface area contributed by atoms with Crippen molar-refractivity contribution < 1.29 is 9.90 Å². The molecule has 0 atom stereocenters. The number of carboxylic acid groups (broad SMARTS) is 1. The molecule has 1 aliphatic carbocycles. The van der Waals surface area contributed by atoms with Crippen molar-refractivity contribution in [3.8, 4) is 0 Å². The Hall–Kier alpha value is -1.32. The van der Waals surface area contributed by atoms with Crippen LogP contribution in [-0.2, 0) is 0 Å². The number of carboxylic acids is 1. The second kappa shape index (κ2) is 4.68. The predicted molar refractivity (Wildman–Crippen MR) is 60.5 cm³/mol. The smallest absolute Gasteiger partial charge is 0.353 e. The average molecular weight is 222 g/mol. The maximum atomic E-state index is 10.7. The van der Waals surface area contributed by atoms with E-state index in [1.54, 1.807) is 0 Å². The number of rotatable bonds is 3. The van der Waals surface area contributed by atoms with Crippen LogP contribution in [0, 0.1) is 5.92 Å². The van der Waals surface area contributed by atoms with E-state index in [1.807, 2.05) is 0 Å². The third-order valence-corrected chi connectivity index (χ3v) is 3.64. The minimum atomic E-state index is -0.930. The summed E-state index contributed by atoms with van der Waals surface area (Å²) in [6.07, 6.45) is 7.42.